The van der Waals surface area contributed by atoms with Crippen molar-refractivity contribution in [2.75, 3.05) is 0 Å². The van der Waals surface area contributed by atoms with Crippen molar-refractivity contribution in [1.29, 1.82) is 0 Å². The summed E-state index contributed by atoms with van der Waals surface area (Å²) in [4.78, 5) is 4.11. The maximum absolute atomic E-state index is 5.93. The molecule has 0 saturated heterocycles. The molecular formula is C10H9Cl2N3. The van der Waals surface area contributed by atoms with Crippen molar-refractivity contribution in [1.82, 2.24) is 14.8 Å². The van der Waals surface area contributed by atoms with E-state index in [1.54, 1.807) is 17.1 Å². The minimum absolute atomic E-state index is 0.391. The number of rotatable bonds is 2. The van der Waals surface area contributed by atoms with Crippen LogP contribution in [-0.4, -0.2) is 14.8 Å². The highest BCUT2D eigenvalue weighted by Crippen LogP contribution is 2.16. The van der Waals surface area contributed by atoms with Crippen molar-refractivity contribution in [3.8, 4) is 5.69 Å². The molecule has 0 N–H and O–H groups in total. The molecule has 0 fully saturated rings. The maximum Gasteiger partial charge on any atom is 0.0819 e. The van der Waals surface area contributed by atoms with Crippen LogP contribution < -0.4 is 0 Å². The van der Waals surface area contributed by atoms with Crippen molar-refractivity contribution in [3.05, 3.63) is 40.9 Å². The second-order valence-corrected chi connectivity index (χ2v) is 3.82. The van der Waals surface area contributed by atoms with Crippen molar-refractivity contribution in [3.63, 3.8) is 0 Å². The number of halogens is 2. The van der Waals surface area contributed by atoms with Crippen LogP contribution in [0.4, 0.5) is 0 Å². The summed E-state index contributed by atoms with van der Waals surface area (Å²) >= 11 is 11.6. The molecule has 2 rings (SSSR count). The van der Waals surface area contributed by atoms with Gasteiger partial charge >= 0.3 is 0 Å². The van der Waals surface area contributed by atoms with Crippen LogP contribution in [0.2, 0.25) is 5.02 Å². The molecule has 2 aromatic rings. The van der Waals surface area contributed by atoms with E-state index in [2.05, 4.69) is 10.1 Å². The van der Waals surface area contributed by atoms with Crippen LogP contribution in [0.1, 0.15) is 11.4 Å². The van der Waals surface area contributed by atoms with E-state index in [1.165, 1.54) is 0 Å². The largest absolute Gasteiger partial charge is 0.260 e. The maximum atomic E-state index is 5.93. The van der Waals surface area contributed by atoms with E-state index in [9.17, 15) is 0 Å². The van der Waals surface area contributed by atoms with Gasteiger partial charge in [0.05, 0.1) is 28.0 Å². The molecule has 0 spiro atoms. The zero-order valence-electron chi connectivity index (χ0n) is 8.11. The van der Waals surface area contributed by atoms with E-state index in [0.717, 1.165) is 17.1 Å². The fourth-order valence-electron chi connectivity index (χ4n) is 1.25. The third kappa shape index (κ3) is 2.13. The Hall–Kier alpha value is -1.06. The Balaban J connectivity index is 2.44. The van der Waals surface area contributed by atoms with Gasteiger partial charge in [0, 0.05) is 12.4 Å². The molecular weight excluding hydrogens is 233 g/mol. The molecule has 0 radical (unpaired) electrons. The minimum atomic E-state index is 0.391. The summed E-state index contributed by atoms with van der Waals surface area (Å²) in [6.45, 7) is 1.86. The molecule has 0 aliphatic rings. The predicted octanol–water partition coefficient (Wildman–Crippen LogP) is 2.97. The van der Waals surface area contributed by atoms with Crippen LogP contribution in [0.3, 0.4) is 0 Å². The molecule has 0 bridgehead atoms. The van der Waals surface area contributed by atoms with E-state index < -0.39 is 0 Å². The molecule has 0 aromatic carbocycles. The molecule has 15 heavy (non-hydrogen) atoms. The van der Waals surface area contributed by atoms with Gasteiger partial charge < -0.3 is 0 Å². The van der Waals surface area contributed by atoms with Gasteiger partial charge in [-0.15, -0.1) is 11.6 Å². The summed E-state index contributed by atoms with van der Waals surface area (Å²) in [6, 6.07) is 3.74. The van der Waals surface area contributed by atoms with Gasteiger partial charge in [0.2, 0.25) is 0 Å². The highest BCUT2D eigenvalue weighted by molar-refractivity contribution is 6.31. The Bertz CT molecular complexity index is 460. The lowest BCUT2D eigenvalue weighted by Crippen LogP contribution is -1.97. The molecule has 0 unspecified atom stereocenters. The minimum Gasteiger partial charge on any atom is -0.260 e. The van der Waals surface area contributed by atoms with Crippen LogP contribution in [0, 0.1) is 6.92 Å². The normalized spacial score (nSPS) is 10.6. The lowest BCUT2D eigenvalue weighted by molar-refractivity contribution is 0.857. The highest BCUT2D eigenvalue weighted by atomic mass is 35.5. The predicted molar refractivity (Wildman–Crippen MR) is 60.7 cm³/mol. The van der Waals surface area contributed by atoms with Gasteiger partial charge in [0.25, 0.3) is 0 Å². The summed E-state index contributed by atoms with van der Waals surface area (Å²) in [5, 5.41) is 4.92. The van der Waals surface area contributed by atoms with Gasteiger partial charge in [-0.25, -0.2) is 4.68 Å². The highest BCUT2D eigenvalue weighted by Gasteiger charge is 2.04. The molecule has 0 saturated carbocycles. The van der Waals surface area contributed by atoms with Gasteiger partial charge in [-0.3, -0.25) is 4.98 Å². The molecule has 78 valence electrons. The fraction of sp³-hybridized carbons (Fsp3) is 0.200. The zero-order chi connectivity index (χ0) is 10.8. The third-order valence-corrected chi connectivity index (χ3v) is 2.69. The molecule has 5 heteroatoms. The van der Waals surface area contributed by atoms with Gasteiger partial charge in [-0.2, -0.15) is 5.10 Å². The first-order valence-corrected chi connectivity index (χ1v) is 5.35. The third-order valence-electron chi connectivity index (χ3n) is 2.04. The van der Waals surface area contributed by atoms with Crippen molar-refractivity contribution >= 4 is 23.2 Å². The Morgan fingerprint density at radius 1 is 1.47 bits per heavy atom. The number of pyridine rings is 1. The van der Waals surface area contributed by atoms with E-state index >= 15 is 0 Å². The van der Waals surface area contributed by atoms with Crippen LogP contribution >= 0.6 is 23.2 Å². The Kier molecular flexibility index (Phi) is 2.93. The molecule has 2 aromatic heterocycles. The number of hydrogen-bond acceptors (Lipinski definition) is 2. The van der Waals surface area contributed by atoms with E-state index in [1.807, 2.05) is 19.1 Å². The second-order valence-electron chi connectivity index (χ2n) is 3.15. The number of hydrogen-bond donors (Lipinski definition) is 0. The molecule has 0 aliphatic heterocycles. The van der Waals surface area contributed by atoms with Gasteiger partial charge in [-0.1, -0.05) is 11.6 Å². The number of aryl methyl sites for hydroxylation is 1. The molecule has 0 aliphatic carbocycles. The van der Waals surface area contributed by atoms with Gasteiger partial charge in [-0.05, 0) is 19.1 Å². The molecule has 2 heterocycles. The number of aromatic nitrogens is 3. The SMILES string of the molecule is Cc1nn(-c2ccnc(CCl)c2)cc1Cl. The van der Waals surface area contributed by atoms with Crippen LogP contribution in [0.5, 0.6) is 0 Å². The van der Waals surface area contributed by atoms with Gasteiger partial charge in [0.15, 0.2) is 0 Å². The Morgan fingerprint density at radius 2 is 2.27 bits per heavy atom. The number of nitrogens with zero attached hydrogens (tertiary/aromatic N) is 3. The second kappa shape index (κ2) is 4.21. The van der Waals surface area contributed by atoms with Gasteiger partial charge in [0.1, 0.15) is 0 Å². The summed E-state index contributed by atoms with van der Waals surface area (Å²) in [5.74, 6) is 0.391. The number of alkyl halides is 1. The topological polar surface area (TPSA) is 30.7 Å². The fourth-order valence-corrected chi connectivity index (χ4v) is 1.53. The molecule has 0 amide bonds. The van der Waals surface area contributed by atoms with Crippen LogP contribution in [-0.2, 0) is 5.88 Å². The Labute approximate surface area is 97.7 Å². The van der Waals surface area contributed by atoms with Crippen molar-refractivity contribution < 1.29 is 0 Å². The molecule has 3 nitrogen and oxygen atoms in total. The first-order chi connectivity index (χ1) is 7.20. The standard InChI is InChI=1S/C10H9Cl2N3/c1-7-10(12)6-15(14-7)9-2-3-13-8(4-9)5-11/h2-4,6H,5H2,1H3. The quantitative estimate of drug-likeness (QED) is 0.758. The first-order valence-electron chi connectivity index (χ1n) is 4.44. The molecule has 0 atom stereocenters. The lowest BCUT2D eigenvalue weighted by Gasteiger charge is -2.01. The van der Waals surface area contributed by atoms with Crippen LogP contribution in [0.25, 0.3) is 5.69 Å². The average Bonchev–Trinajstić information content (AvgIpc) is 2.59. The summed E-state index contributed by atoms with van der Waals surface area (Å²) < 4.78 is 1.72. The monoisotopic (exact) mass is 241 g/mol. The smallest absolute Gasteiger partial charge is 0.0819 e. The first kappa shape index (κ1) is 10.5. The lowest BCUT2D eigenvalue weighted by atomic mass is 10.3. The van der Waals surface area contributed by atoms with E-state index in [4.69, 9.17) is 23.2 Å². The summed E-state index contributed by atoms with van der Waals surface area (Å²) in [7, 11) is 0. The van der Waals surface area contributed by atoms with Crippen molar-refractivity contribution in [2.24, 2.45) is 0 Å². The summed E-state index contributed by atoms with van der Waals surface area (Å²) in [6.07, 6.45) is 3.47. The Morgan fingerprint density at radius 3 is 2.87 bits per heavy atom. The van der Waals surface area contributed by atoms with Crippen molar-refractivity contribution in [2.45, 2.75) is 12.8 Å². The van der Waals surface area contributed by atoms with E-state index in [-0.39, 0.29) is 0 Å². The van der Waals surface area contributed by atoms with Crippen LogP contribution in [0.15, 0.2) is 24.5 Å². The summed E-state index contributed by atoms with van der Waals surface area (Å²) in [5.41, 5.74) is 2.54. The zero-order valence-corrected chi connectivity index (χ0v) is 9.63. The van der Waals surface area contributed by atoms with E-state index in [0.29, 0.717) is 10.9 Å². The average molecular weight is 242 g/mol.